The minimum Gasteiger partial charge on any atom is -0.497 e. The Morgan fingerprint density at radius 3 is 2.77 bits per heavy atom. The Kier molecular flexibility index (Phi) is 7.35. The van der Waals surface area contributed by atoms with E-state index in [0.717, 1.165) is 22.2 Å². The van der Waals surface area contributed by atoms with E-state index in [4.69, 9.17) is 9.47 Å². The van der Waals surface area contributed by atoms with E-state index in [1.54, 1.807) is 48.8 Å². The number of pyridine rings is 1. The summed E-state index contributed by atoms with van der Waals surface area (Å²) in [6, 6.07) is 8.64. The zero-order valence-corrected chi connectivity index (χ0v) is 20.0. The Labute approximate surface area is 206 Å². The average Bonchev–Trinajstić information content (AvgIpc) is 3.38. The maximum absolute atomic E-state index is 12.7. The molecule has 2 aliphatic rings. The van der Waals surface area contributed by atoms with Crippen molar-refractivity contribution in [2.75, 3.05) is 38.8 Å². The van der Waals surface area contributed by atoms with Crippen LogP contribution in [0.1, 0.15) is 12.0 Å². The van der Waals surface area contributed by atoms with Crippen LogP contribution in [0.15, 0.2) is 47.6 Å². The third-order valence-corrected chi connectivity index (χ3v) is 6.57. The van der Waals surface area contributed by atoms with E-state index in [0.29, 0.717) is 22.1 Å². The molecule has 1 aromatic heterocycles. The lowest BCUT2D eigenvalue weighted by atomic mass is 10.1. The molecule has 0 radical (unpaired) electrons. The molecule has 4 rings (SSSR count). The van der Waals surface area contributed by atoms with Gasteiger partial charge in [0.15, 0.2) is 0 Å². The minimum absolute atomic E-state index is 0.0392. The van der Waals surface area contributed by atoms with Crippen LogP contribution in [0.4, 0.5) is 10.5 Å². The minimum atomic E-state index is -0.560. The summed E-state index contributed by atoms with van der Waals surface area (Å²) in [5, 5.41) is 2.35. The Hall–Kier alpha value is -3.86. The van der Waals surface area contributed by atoms with Crippen molar-refractivity contribution in [2.24, 2.45) is 5.92 Å². The summed E-state index contributed by atoms with van der Waals surface area (Å²) in [4.78, 5) is 57.1. The highest BCUT2D eigenvalue weighted by atomic mass is 32.2. The molecule has 0 spiro atoms. The van der Waals surface area contributed by atoms with Crippen LogP contribution < -0.4 is 19.7 Å². The van der Waals surface area contributed by atoms with E-state index in [1.807, 2.05) is 0 Å². The highest BCUT2D eigenvalue weighted by Gasteiger charge is 2.37. The molecule has 1 N–H and O–H groups in total. The molecular weight excluding hydrogens is 472 g/mol. The van der Waals surface area contributed by atoms with Crippen LogP contribution in [0.5, 0.6) is 11.5 Å². The van der Waals surface area contributed by atoms with E-state index in [9.17, 15) is 19.2 Å². The number of anilines is 1. The van der Waals surface area contributed by atoms with Gasteiger partial charge in [0, 0.05) is 44.5 Å². The maximum Gasteiger partial charge on any atom is 0.293 e. The number of ether oxygens (including phenoxy) is 2. The Balaban J connectivity index is 1.32. The molecule has 2 fully saturated rings. The number of nitrogens with one attached hydrogen (secondary N) is 1. The summed E-state index contributed by atoms with van der Waals surface area (Å²) >= 11 is 0.851. The SMILES string of the molecule is COc1ccc(N2C[C@@H](C(=O)NCCN3C(=O)S/C(=C/c4cccnc4)C3=O)CC2=O)c(OC)c1. The van der Waals surface area contributed by atoms with Gasteiger partial charge in [-0.2, -0.15) is 0 Å². The zero-order valence-electron chi connectivity index (χ0n) is 19.2. The second-order valence-corrected chi connectivity index (χ2v) is 8.85. The first-order valence-electron chi connectivity index (χ1n) is 10.9. The molecule has 182 valence electrons. The van der Waals surface area contributed by atoms with Gasteiger partial charge in [-0.1, -0.05) is 6.07 Å². The molecule has 4 amide bonds. The van der Waals surface area contributed by atoms with Gasteiger partial charge in [0.05, 0.1) is 30.7 Å². The molecule has 1 atom stereocenters. The molecule has 0 saturated carbocycles. The van der Waals surface area contributed by atoms with E-state index in [-0.39, 0.29) is 37.9 Å². The number of rotatable bonds is 8. The van der Waals surface area contributed by atoms with Crippen molar-refractivity contribution in [3.05, 3.63) is 53.2 Å². The smallest absolute Gasteiger partial charge is 0.293 e. The van der Waals surface area contributed by atoms with Crippen molar-refractivity contribution in [1.29, 1.82) is 0 Å². The highest BCUT2D eigenvalue weighted by Crippen LogP contribution is 2.36. The maximum atomic E-state index is 12.7. The lowest BCUT2D eigenvalue weighted by Gasteiger charge is -2.20. The van der Waals surface area contributed by atoms with Gasteiger partial charge in [-0.3, -0.25) is 29.1 Å². The van der Waals surface area contributed by atoms with Crippen LogP contribution >= 0.6 is 11.8 Å². The number of carbonyl (C=O) groups is 4. The molecule has 0 aliphatic carbocycles. The fraction of sp³-hybridized carbons (Fsp3) is 0.292. The second-order valence-electron chi connectivity index (χ2n) is 7.85. The Morgan fingerprint density at radius 2 is 2.06 bits per heavy atom. The topological polar surface area (TPSA) is 118 Å². The first-order chi connectivity index (χ1) is 16.9. The van der Waals surface area contributed by atoms with Crippen LogP contribution in [0.3, 0.4) is 0 Å². The average molecular weight is 497 g/mol. The number of amides is 4. The van der Waals surface area contributed by atoms with Gasteiger partial charge < -0.3 is 19.7 Å². The largest absolute Gasteiger partial charge is 0.497 e. The number of hydrogen-bond acceptors (Lipinski definition) is 8. The van der Waals surface area contributed by atoms with E-state index >= 15 is 0 Å². The molecule has 2 saturated heterocycles. The molecule has 2 aliphatic heterocycles. The number of hydrogen-bond donors (Lipinski definition) is 1. The first-order valence-corrected chi connectivity index (χ1v) is 11.7. The highest BCUT2D eigenvalue weighted by molar-refractivity contribution is 8.18. The van der Waals surface area contributed by atoms with Gasteiger partial charge in [0.2, 0.25) is 11.8 Å². The first kappa shape index (κ1) is 24.3. The number of imide groups is 1. The van der Waals surface area contributed by atoms with Crippen LogP contribution in [0.2, 0.25) is 0 Å². The van der Waals surface area contributed by atoms with E-state index in [1.165, 1.54) is 19.1 Å². The fourth-order valence-corrected chi connectivity index (χ4v) is 4.73. The van der Waals surface area contributed by atoms with Gasteiger partial charge in [-0.25, -0.2) is 0 Å². The van der Waals surface area contributed by atoms with Crippen molar-refractivity contribution in [3.8, 4) is 11.5 Å². The number of nitrogens with zero attached hydrogens (tertiary/aromatic N) is 3. The standard InChI is InChI=1S/C24H24N4O6S/c1-33-17-5-6-18(19(12-17)34-2)28-14-16(11-21(28)29)22(30)26-8-9-27-23(31)20(35-24(27)32)10-15-4-3-7-25-13-15/h3-7,10,12-13,16H,8-9,11,14H2,1-2H3,(H,26,30)/b20-10+/t16-/m0/s1. The van der Waals surface area contributed by atoms with Crippen LogP contribution in [0.25, 0.3) is 6.08 Å². The summed E-state index contributed by atoms with van der Waals surface area (Å²) in [7, 11) is 3.04. The lowest BCUT2D eigenvalue weighted by molar-refractivity contribution is -0.127. The second kappa shape index (κ2) is 10.6. The molecule has 1 aromatic carbocycles. The quantitative estimate of drug-likeness (QED) is 0.553. The van der Waals surface area contributed by atoms with Gasteiger partial charge >= 0.3 is 0 Å². The summed E-state index contributed by atoms with van der Waals surface area (Å²) in [6.07, 6.45) is 4.89. The molecule has 0 unspecified atom stereocenters. The van der Waals surface area contributed by atoms with E-state index < -0.39 is 17.1 Å². The molecular formula is C24H24N4O6S. The summed E-state index contributed by atoms with van der Waals surface area (Å²) in [5.74, 6) is -0.417. The van der Waals surface area contributed by atoms with Crippen molar-refractivity contribution in [3.63, 3.8) is 0 Å². The predicted octanol–water partition coefficient (Wildman–Crippen LogP) is 2.30. The van der Waals surface area contributed by atoms with Gasteiger partial charge in [-0.05, 0) is 41.6 Å². The lowest BCUT2D eigenvalue weighted by Crippen LogP contribution is -2.40. The normalized spacial score (nSPS) is 19.0. The molecule has 3 heterocycles. The predicted molar refractivity (Wildman–Crippen MR) is 130 cm³/mol. The molecule has 11 heteroatoms. The van der Waals surface area contributed by atoms with Crippen molar-refractivity contribution in [2.45, 2.75) is 6.42 Å². The summed E-state index contributed by atoms with van der Waals surface area (Å²) in [6.45, 7) is 0.327. The molecule has 0 bridgehead atoms. The zero-order chi connectivity index (χ0) is 24.9. The Morgan fingerprint density at radius 1 is 1.23 bits per heavy atom. The van der Waals surface area contributed by atoms with Crippen molar-refractivity contribution in [1.82, 2.24) is 15.2 Å². The van der Waals surface area contributed by atoms with Gasteiger partial charge in [0.1, 0.15) is 11.5 Å². The fourth-order valence-electron chi connectivity index (χ4n) is 3.86. The molecule has 35 heavy (non-hydrogen) atoms. The summed E-state index contributed by atoms with van der Waals surface area (Å²) in [5.41, 5.74) is 1.28. The van der Waals surface area contributed by atoms with E-state index in [2.05, 4.69) is 10.3 Å². The number of thioether (sulfide) groups is 1. The van der Waals surface area contributed by atoms with Crippen LogP contribution in [0, 0.1) is 5.92 Å². The van der Waals surface area contributed by atoms with Crippen LogP contribution in [-0.2, 0) is 14.4 Å². The molecule has 2 aromatic rings. The van der Waals surface area contributed by atoms with Gasteiger partial charge in [-0.15, -0.1) is 0 Å². The number of methoxy groups -OCH3 is 2. The number of aromatic nitrogens is 1. The summed E-state index contributed by atoms with van der Waals surface area (Å²) < 4.78 is 10.6. The monoisotopic (exact) mass is 496 g/mol. The van der Waals surface area contributed by atoms with Gasteiger partial charge in [0.25, 0.3) is 11.1 Å². The van der Waals surface area contributed by atoms with Crippen molar-refractivity contribution >= 4 is 46.5 Å². The molecule has 10 nitrogen and oxygen atoms in total. The number of benzene rings is 1. The van der Waals surface area contributed by atoms with Crippen molar-refractivity contribution < 1.29 is 28.7 Å². The third-order valence-electron chi connectivity index (χ3n) is 5.66. The van der Waals surface area contributed by atoms with Crippen LogP contribution in [-0.4, -0.2) is 66.7 Å². The number of carbonyl (C=O) groups excluding carboxylic acids is 4. The Bertz CT molecular complexity index is 1190. The third kappa shape index (κ3) is 5.29.